The van der Waals surface area contributed by atoms with E-state index in [-0.39, 0.29) is 17.4 Å². The molecular formula is C12H24BN2O4. The van der Waals surface area contributed by atoms with Crippen LogP contribution < -0.4 is 11.5 Å². The van der Waals surface area contributed by atoms with Gasteiger partial charge in [0.05, 0.1) is 0 Å². The zero-order valence-electron chi connectivity index (χ0n) is 11.1. The van der Waals surface area contributed by atoms with E-state index in [0.717, 1.165) is 33.2 Å². The molecule has 2 aliphatic carbocycles. The first kappa shape index (κ1) is 16.4. The molecule has 8 N–H and O–H groups in total. The molecule has 2 saturated carbocycles. The topological polar surface area (TPSA) is 141 Å². The maximum atomic E-state index is 11.5. The number of fused-ring (bicyclic) bond motifs is 1. The van der Waals surface area contributed by atoms with Gasteiger partial charge in [-0.15, -0.1) is 0 Å². The van der Waals surface area contributed by atoms with Crippen LogP contribution in [0.15, 0.2) is 0 Å². The number of carbonyl (C=O) groups is 1. The number of carboxylic acids is 1. The second-order valence-corrected chi connectivity index (χ2v) is 5.93. The van der Waals surface area contributed by atoms with Crippen molar-refractivity contribution in [2.24, 2.45) is 29.2 Å². The van der Waals surface area contributed by atoms with Gasteiger partial charge >= 0.3 is 5.97 Å². The van der Waals surface area contributed by atoms with Gasteiger partial charge < -0.3 is 27.1 Å². The molecule has 1 radical (unpaired) electrons. The first-order valence-corrected chi connectivity index (χ1v) is 6.72. The van der Waals surface area contributed by atoms with E-state index in [0.29, 0.717) is 24.6 Å². The van der Waals surface area contributed by atoms with Gasteiger partial charge in [0.2, 0.25) is 0 Å². The summed E-state index contributed by atoms with van der Waals surface area (Å²) in [6.07, 6.45) is 4.48. The Hall–Kier alpha value is -0.625. The van der Waals surface area contributed by atoms with Crippen molar-refractivity contribution in [2.75, 3.05) is 0 Å². The maximum absolute atomic E-state index is 11.5. The third kappa shape index (κ3) is 2.94. The fourth-order valence-corrected chi connectivity index (χ4v) is 4.04. The second-order valence-electron chi connectivity index (χ2n) is 5.93. The fourth-order valence-electron chi connectivity index (χ4n) is 4.04. The smallest absolute Gasteiger partial charge is 0.323 e. The zero-order valence-corrected chi connectivity index (χ0v) is 11.1. The first-order valence-electron chi connectivity index (χ1n) is 6.72. The van der Waals surface area contributed by atoms with Gasteiger partial charge in [-0.25, -0.2) is 0 Å². The molecular weight excluding hydrogens is 247 g/mol. The summed E-state index contributed by atoms with van der Waals surface area (Å²) in [7, 11) is 1.13. The molecule has 2 rings (SSSR count). The van der Waals surface area contributed by atoms with Gasteiger partial charge in [0, 0.05) is 6.04 Å². The SMILES string of the molecule is N[C@H]1C[C@@H]2C[C@@](N)(C(=O)O)[C@@H](CCC[B]O)[C@@H]2C1.O. The lowest BCUT2D eigenvalue weighted by atomic mass is 9.77. The molecule has 5 atom stereocenters. The highest BCUT2D eigenvalue weighted by Crippen LogP contribution is 2.52. The van der Waals surface area contributed by atoms with Gasteiger partial charge in [0.15, 0.2) is 0 Å². The minimum atomic E-state index is -1.09. The molecule has 2 aliphatic rings. The van der Waals surface area contributed by atoms with Gasteiger partial charge in [-0.2, -0.15) is 0 Å². The van der Waals surface area contributed by atoms with Crippen molar-refractivity contribution in [3.63, 3.8) is 0 Å². The summed E-state index contributed by atoms with van der Waals surface area (Å²) in [5.74, 6) is -0.180. The van der Waals surface area contributed by atoms with Crippen LogP contribution in [0, 0.1) is 17.8 Å². The van der Waals surface area contributed by atoms with Crippen LogP contribution in [0.3, 0.4) is 0 Å². The summed E-state index contributed by atoms with van der Waals surface area (Å²) in [5, 5.41) is 18.1. The number of hydrogen-bond donors (Lipinski definition) is 4. The molecule has 0 aromatic rings. The lowest BCUT2D eigenvalue weighted by Gasteiger charge is -2.30. The number of aliphatic carboxylic acids is 1. The van der Waals surface area contributed by atoms with Gasteiger partial charge in [-0.1, -0.05) is 12.7 Å². The van der Waals surface area contributed by atoms with Crippen molar-refractivity contribution in [3.8, 4) is 0 Å². The van der Waals surface area contributed by atoms with Crippen molar-refractivity contribution in [3.05, 3.63) is 0 Å². The summed E-state index contributed by atoms with van der Waals surface area (Å²) in [5.41, 5.74) is 11.0. The molecule has 0 aromatic heterocycles. The zero-order chi connectivity index (χ0) is 13.3. The molecule has 109 valence electrons. The largest absolute Gasteiger partial charge is 0.480 e. The molecule has 0 saturated heterocycles. The summed E-state index contributed by atoms with van der Waals surface area (Å²) >= 11 is 0. The lowest BCUT2D eigenvalue weighted by Crippen LogP contribution is -2.52. The molecule has 0 amide bonds. The highest BCUT2D eigenvalue weighted by atomic mass is 16.4. The predicted molar refractivity (Wildman–Crippen MR) is 72.5 cm³/mol. The Labute approximate surface area is 114 Å². The highest BCUT2D eigenvalue weighted by Gasteiger charge is 2.57. The van der Waals surface area contributed by atoms with Crippen molar-refractivity contribution in [1.29, 1.82) is 0 Å². The normalized spacial score (nSPS) is 40.6. The van der Waals surface area contributed by atoms with Crippen LogP contribution in [-0.2, 0) is 4.79 Å². The summed E-state index contributed by atoms with van der Waals surface area (Å²) < 4.78 is 0. The standard InChI is InChI=1S/C12H22BN2O3.H2O/c14-8-4-7-6-12(15,11(16)17)10(9(7)5-8)2-1-3-13-18;/h7-10,18H,1-6,14-15H2,(H,16,17);1H2/t7-,8+,9-,10+,12+;/m1./s1. The van der Waals surface area contributed by atoms with E-state index in [1.165, 1.54) is 0 Å². The minimum absolute atomic E-state index is 0. The van der Waals surface area contributed by atoms with E-state index in [2.05, 4.69) is 0 Å². The molecule has 0 bridgehead atoms. The van der Waals surface area contributed by atoms with E-state index >= 15 is 0 Å². The Morgan fingerprint density at radius 2 is 2.11 bits per heavy atom. The minimum Gasteiger partial charge on any atom is -0.480 e. The fraction of sp³-hybridized carbons (Fsp3) is 0.917. The van der Waals surface area contributed by atoms with Crippen molar-refractivity contribution >= 4 is 13.5 Å². The molecule has 7 heteroatoms. The maximum Gasteiger partial charge on any atom is 0.323 e. The average Bonchev–Trinajstić information content (AvgIpc) is 2.75. The third-order valence-electron chi connectivity index (χ3n) is 4.81. The molecule has 0 spiro atoms. The number of hydrogen-bond acceptors (Lipinski definition) is 4. The quantitative estimate of drug-likeness (QED) is 0.380. The van der Waals surface area contributed by atoms with E-state index < -0.39 is 11.5 Å². The molecule has 0 unspecified atom stereocenters. The average molecular weight is 271 g/mol. The highest BCUT2D eigenvalue weighted by molar-refractivity contribution is 6.25. The Kier molecular flexibility index (Phi) is 5.38. The van der Waals surface area contributed by atoms with Gasteiger partial charge in [-0.05, 0) is 43.4 Å². The predicted octanol–water partition coefficient (Wildman–Crippen LogP) is -0.873. The Morgan fingerprint density at radius 1 is 1.42 bits per heavy atom. The number of carboxylic acid groups (broad SMARTS) is 1. The van der Waals surface area contributed by atoms with Crippen LogP contribution in [0.1, 0.15) is 32.1 Å². The van der Waals surface area contributed by atoms with Crippen LogP contribution in [0.25, 0.3) is 0 Å². The van der Waals surface area contributed by atoms with Gasteiger partial charge in [-0.3, -0.25) is 4.79 Å². The number of rotatable bonds is 5. The Bertz CT molecular complexity index is 331. The molecule has 19 heavy (non-hydrogen) atoms. The molecule has 0 aromatic carbocycles. The van der Waals surface area contributed by atoms with Crippen molar-refractivity contribution < 1.29 is 20.4 Å². The van der Waals surface area contributed by atoms with Crippen LogP contribution >= 0.6 is 0 Å². The molecule has 6 nitrogen and oxygen atoms in total. The van der Waals surface area contributed by atoms with Crippen LogP contribution in [0.5, 0.6) is 0 Å². The summed E-state index contributed by atoms with van der Waals surface area (Å²) in [6, 6.07) is 0.199. The third-order valence-corrected chi connectivity index (χ3v) is 4.81. The Morgan fingerprint density at radius 3 is 2.68 bits per heavy atom. The second kappa shape index (κ2) is 6.22. The van der Waals surface area contributed by atoms with Crippen LogP contribution in [-0.4, -0.2) is 40.6 Å². The molecule has 0 aliphatic heterocycles. The molecule has 0 heterocycles. The van der Waals surface area contributed by atoms with E-state index in [4.69, 9.17) is 16.5 Å². The van der Waals surface area contributed by atoms with Crippen LogP contribution in [0.4, 0.5) is 0 Å². The van der Waals surface area contributed by atoms with E-state index in [9.17, 15) is 9.90 Å². The molecule has 2 fully saturated rings. The summed E-state index contributed by atoms with van der Waals surface area (Å²) in [6.45, 7) is 0. The Balaban J connectivity index is 0.00000180. The van der Waals surface area contributed by atoms with E-state index in [1.54, 1.807) is 0 Å². The number of nitrogens with two attached hydrogens (primary N) is 2. The summed E-state index contributed by atoms with van der Waals surface area (Å²) in [4.78, 5) is 11.5. The lowest BCUT2D eigenvalue weighted by molar-refractivity contribution is -0.145. The van der Waals surface area contributed by atoms with Gasteiger partial charge in [0.1, 0.15) is 5.54 Å². The van der Waals surface area contributed by atoms with E-state index in [1.807, 2.05) is 0 Å². The van der Waals surface area contributed by atoms with Crippen molar-refractivity contribution in [2.45, 2.75) is 50.0 Å². The first-order chi connectivity index (χ1) is 8.49. The van der Waals surface area contributed by atoms with Crippen molar-refractivity contribution in [1.82, 2.24) is 0 Å². The monoisotopic (exact) mass is 271 g/mol. The van der Waals surface area contributed by atoms with Gasteiger partial charge in [0.25, 0.3) is 7.48 Å². The van der Waals surface area contributed by atoms with Crippen LogP contribution in [0.2, 0.25) is 6.32 Å².